The fraction of sp³-hybridized carbons (Fsp3) is 0.300. The van der Waals surface area contributed by atoms with Crippen molar-refractivity contribution < 1.29 is 4.79 Å². The Hall–Kier alpha value is -1.51. The summed E-state index contributed by atoms with van der Waals surface area (Å²) >= 11 is 0. The molecule has 3 nitrogen and oxygen atoms in total. The second-order valence-electron chi connectivity index (χ2n) is 3.49. The number of nitrogen functional groups attached to an aromatic ring is 1. The third kappa shape index (κ3) is 1.49. The van der Waals surface area contributed by atoms with Crippen molar-refractivity contribution in [3.05, 3.63) is 29.3 Å². The monoisotopic (exact) mass is 176 g/mol. The van der Waals surface area contributed by atoms with Gasteiger partial charge in [0.25, 0.3) is 0 Å². The Balaban J connectivity index is 2.47. The lowest BCUT2D eigenvalue weighted by Gasteiger charge is -2.05. The van der Waals surface area contributed by atoms with Crippen LogP contribution in [0.1, 0.15) is 34.7 Å². The smallest absolute Gasteiger partial charge is 0.248 e. The molecule has 3 heteroatoms. The fourth-order valence-corrected chi connectivity index (χ4v) is 1.54. The molecule has 1 aromatic rings. The summed E-state index contributed by atoms with van der Waals surface area (Å²) in [5, 5.41) is 0. The zero-order chi connectivity index (χ0) is 9.42. The van der Waals surface area contributed by atoms with Crippen LogP contribution in [0.25, 0.3) is 0 Å². The molecule has 1 saturated carbocycles. The molecule has 68 valence electrons. The normalized spacial score (nSPS) is 15.7. The van der Waals surface area contributed by atoms with E-state index >= 15 is 0 Å². The number of primary amides is 1. The van der Waals surface area contributed by atoms with E-state index in [1.807, 2.05) is 6.07 Å². The van der Waals surface area contributed by atoms with Gasteiger partial charge < -0.3 is 11.5 Å². The molecule has 1 amide bonds. The van der Waals surface area contributed by atoms with Crippen molar-refractivity contribution in [1.29, 1.82) is 0 Å². The minimum Gasteiger partial charge on any atom is -0.399 e. The predicted molar refractivity (Wildman–Crippen MR) is 51.3 cm³/mol. The van der Waals surface area contributed by atoms with E-state index in [9.17, 15) is 4.79 Å². The first-order chi connectivity index (χ1) is 6.18. The van der Waals surface area contributed by atoms with Gasteiger partial charge in [0.1, 0.15) is 0 Å². The highest BCUT2D eigenvalue weighted by Gasteiger charge is 2.27. The van der Waals surface area contributed by atoms with Gasteiger partial charge in [-0.05, 0) is 42.5 Å². The van der Waals surface area contributed by atoms with Crippen LogP contribution in [0.5, 0.6) is 0 Å². The van der Waals surface area contributed by atoms with Crippen molar-refractivity contribution >= 4 is 11.6 Å². The Labute approximate surface area is 76.7 Å². The summed E-state index contributed by atoms with van der Waals surface area (Å²) in [6.45, 7) is 0. The van der Waals surface area contributed by atoms with E-state index in [1.54, 1.807) is 12.1 Å². The van der Waals surface area contributed by atoms with Gasteiger partial charge in [0, 0.05) is 11.3 Å². The van der Waals surface area contributed by atoms with Crippen molar-refractivity contribution in [1.82, 2.24) is 0 Å². The zero-order valence-electron chi connectivity index (χ0n) is 7.29. The number of amides is 1. The van der Waals surface area contributed by atoms with E-state index in [0.29, 0.717) is 17.2 Å². The first-order valence-corrected chi connectivity index (χ1v) is 4.37. The van der Waals surface area contributed by atoms with Gasteiger partial charge >= 0.3 is 0 Å². The number of rotatable bonds is 2. The highest BCUT2D eigenvalue weighted by molar-refractivity contribution is 5.95. The molecule has 0 unspecified atom stereocenters. The SMILES string of the molecule is NC(=O)c1ccc(N)cc1C1CC1. The van der Waals surface area contributed by atoms with Crippen molar-refractivity contribution in [2.24, 2.45) is 5.73 Å². The van der Waals surface area contributed by atoms with Crippen LogP contribution >= 0.6 is 0 Å². The average molecular weight is 176 g/mol. The quantitative estimate of drug-likeness (QED) is 0.666. The molecule has 1 aliphatic rings. The number of nitrogens with two attached hydrogens (primary N) is 2. The number of carbonyl (C=O) groups is 1. The fourth-order valence-electron chi connectivity index (χ4n) is 1.54. The standard InChI is InChI=1S/C10H12N2O/c11-7-3-4-8(10(12)13)9(5-7)6-1-2-6/h3-6H,1-2,11H2,(H2,12,13). The van der Waals surface area contributed by atoms with Crippen LogP contribution in [0.15, 0.2) is 18.2 Å². The lowest BCUT2D eigenvalue weighted by Crippen LogP contribution is -2.13. The molecule has 2 rings (SSSR count). The average Bonchev–Trinajstić information content (AvgIpc) is 2.85. The number of hydrogen-bond donors (Lipinski definition) is 2. The summed E-state index contributed by atoms with van der Waals surface area (Å²) in [6, 6.07) is 5.29. The molecule has 0 aliphatic heterocycles. The van der Waals surface area contributed by atoms with Gasteiger partial charge in [-0.2, -0.15) is 0 Å². The maximum Gasteiger partial charge on any atom is 0.248 e. The Morgan fingerprint density at radius 1 is 1.38 bits per heavy atom. The number of benzene rings is 1. The molecule has 0 heterocycles. The summed E-state index contributed by atoms with van der Waals surface area (Å²) in [5.74, 6) is 0.146. The van der Waals surface area contributed by atoms with Gasteiger partial charge in [0.2, 0.25) is 5.91 Å². The summed E-state index contributed by atoms with van der Waals surface area (Å²) in [6.07, 6.45) is 2.29. The summed E-state index contributed by atoms with van der Waals surface area (Å²) in [5.41, 5.74) is 13.2. The van der Waals surface area contributed by atoms with Crippen LogP contribution in [0, 0.1) is 0 Å². The maximum absolute atomic E-state index is 11.0. The lowest BCUT2D eigenvalue weighted by molar-refractivity contribution is 0.0999. The summed E-state index contributed by atoms with van der Waals surface area (Å²) in [4.78, 5) is 11.0. The Bertz CT molecular complexity index is 356. The molecule has 1 aliphatic carbocycles. The molecular weight excluding hydrogens is 164 g/mol. The molecule has 13 heavy (non-hydrogen) atoms. The Kier molecular flexibility index (Phi) is 1.72. The molecule has 0 saturated heterocycles. The first-order valence-electron chi connectivity index (χ1n) is 4.37. The van der Waals surface area contributed by atoms with Gasteiger partial charge in [0.05, 0.1) is 0 Å². The third-order valence-electron chi connectivity index (χ3n) is 2.36. The molecule has 1 fully saturated rings. The second kappa shape index (κ2) is 2.76. The van der Waals surface area contributed by atoms with Gasteiger partial charge in [-0.25, -0.2) is 0 Å². The molecular formula is C10H12N2O. The minimum absolute atomic E-state index is 0.359. The minimum atomic E-state index is -0.359. The Morgan fingerprint density at radius 3 is 2.62 bits per heavy atom. The molecule has 0 radical (unpaired) electrons. The van der Waals surface area contributed by atoms with E-state index in [-0.39, 0.29) is 5.91 Å². The summed E-state index contributed by atoms with van der Waals surface area (Å²) < 4.78 is 0. The number of anilines is 1. The van der Waals surface area contributed by atoms with Crippen LogP contribution in [0.3, 0.4) is 0 Å². The van der Waals surface area contributed by atoms with Crippen molar-refractivity contribution in [2.45, 2.75) is 18.8 Å². The highest BCUT2D eigenvalue weighted by atomic mass is 16.1. The highest BCUT2D eigenvalue weighted by Crippen LogP contribution is 2.42. The zero-order valence-corrected chi connectivity index (χ0v) is 7.29. The third-order valence-corrected chi connectivity index (χ3v) is 2.36. The van der Waals surface area contributed by atoms with Crippen LogP contribution < -0.4 is 11.5 Å². The van der Waals surface area contributed by atoms with E-state index in [2.05, 4.69) is 0 Å². The van der Waals surface area contributed by atoms with Crippen LogP contribution in [-0.4, -0.2) is 5.91 Å². The molecule has 0 atom stereocenters. The van der Waals surface area contributed by atoms with Gasteiger partial charge in [-0.3, -0.25) is 4.79 Å². The lowest BCUT2D eigenvalue weighted by atomic mass is 10.0. The predicted octanol–water partition coefficient (Wildman–Crippen LogP) is 1.25. The first kappa shape index (κ1) is 8.10. The topological polar surface area (TPSA) is 69.1 Å². The number of carbonyl (C=O) groups excluding carboxylic acids is 1. The van der Waals surface area contributed by atoms with Crippen LogP contribution in [-0.2, 0) is 0 Å². The number of hydrogen-bond acceptors (Lipinski definition) is 2. The molecule has 0 spiro atoms. The molecule has 0 bridgehead atoms. The molecule has 4 N–H and O–H groups in total. The van der Waals surface area contributed by atoms with E-state index in [0.717, 1.165) is 18.4 Å². The van der Waals surface area contributed by atoms with Gasteiger partial charge in [-0.15, -0.1) is 0 Å². The van der Waals surface area contributed by atoms with Gasteiger partial charge in [-0.1, -0.05) is 0 Å². The van der Waals surface area contributed by atoms with Crippen molar-refractivity contribution in [3.63, 3.8) is 0 Å². The largest absolute Gasteiger partial charge is 0.399 e. The van der Waals surface area contributed by atoms with Crippen LogP contribution in [0.2, 0.25) is 0 Å². The van der Waals surface area contributed by atoms with E-state index < -0.39 is 0 Å². The maximum atomic E-state index is 11.0. The van der Waals surface area contributed by atoms with Crippen LogP contribution in [0.4, 0.5) is 5.69 Å². The second-order valence-corrected chi connectivity index (χ2v) is 3.49. The molecule has 0 aromatic heterocycles. The van der Waals surface area contributed by atoms with Gasteiger partial charge in [0.15, 0.2) is 0 Å². The van der Waals surface area contributed by atoms with Crippen molar-refractivity contribution in [3.8, 4) is 0 Å². The van der Waals surface area contributed by atoms with Crippen molar-refractivity contribution in [2.75, 3.05) is 5.73 Å². The Morgan fingerprint density at radius 2 is 2.08 bits per heavy atom. The van der Waals surface area contributed by atoms with E-state index in [4.69, 9.17) is 11.5 Å². The van der Waals surface area contributed by atoms with E-state index in [1.165, 1.54) is 0 Å². The molecule has 1 aromatic carbocycles. The summed E-state index contributed by atoms with van der Waals surface area (Å²) in [7, 11) is 0.